The number of aromatic nitrogens is 4. The van der Waals surface area contributed by atoms with Crippen molar-refractivity contribution in [3.63, 3.8) is 0 Å². The van der Waals surface area contributed by atoms with Gasteiger partial charge in [0.1, 0.15) is 12.6 Å². The molecule has 0 radical (unpaired) electrons. The molecule has 3 aromatic rings. The van der Waals surface area contributed by atoms with E-state index in [0.717, 1.165) is 11.1 Å². The Labute approximate surface area is 267 Å². The number of tetrazole rings is 1. The van der Waals surface area contributed by atoms with Crippen molar-refractivity contribution in [2.24, 2.45) is 11.3 Å². The number of nitrogens with one attached hydrogen (secondary N) is 2. The smallest absolute Gasteiger partial charge is 0.246 e. The average Bonchev–Trinajstić information content (AvgIpc) is 3.52. The normalized spacial score (nSPS) is 24.5. The number of allylic oxidation sites excluding steroid dienone is 2. The zero-order valence-corrected chi connectivity index (χ0v) is 25.9. The summed E-state index contributed by atoms with van der Waals surface area (Å²) < 4.78 is 5.60. The van der Waals surface area contributed by atoms with Crippen molar-refractivity contribution in [2.75, 3.05) is 26.3 Å². The third kappa shape index (κ3) is 7.42. The van der Waals surface area contributed by atoms with E-state index in [1.807, 2.05) is 35.2 Å². The van der Waals surface area contributed by atoms with Gasteiger partial charge < -0.3 is 20.3 Å². The number of likely N-dealkylation sites (tertiary alicyclic amines) is 1. The number of fused-ring (bicyclic) bond motifs is 1. The predicted molar refractivity (Wildman–Crippen MR) is 168 cm³/mol. The number of carbonyl (C=O) groups excluding carboxylic acids is 3. The summed E-state index contributed by atoms with van der Waals surface area (Å²) in [6.45, 7) is 1.97. The van der Waals surface area contributed by atoms with E-state index in [1.54, 1.807) is 24.3 Å². The Balaban J connectivity index is 1.17. The Morgan fingerprint density at radius 1 is 1.02 bits per heavy atom. The van der Waals surface area contributed by atoms with Gasteiger partial charge in [-0.2, -0.15) is 4.80 Å². The molecule has 2 fully saturated rings. The van der Waals surface area contributed by atoms with Crippen LogP contribution in [0, 0.1) is 11.3 Å². The van der Waals surface area contributed by atoms with Gasteiger partial charge in [0.25, 0.3) is 0 Å². The maximum absolute atomic E-state index is 13.8. The lowest BCUT2D eigenvalue weighted by atomic mass is 9.75. The molecule has 12 heteroatoms. The van der Waals surface area contributed by atoms with Crippen molar-refractivity contribution in [3.8, 4) is 11.4 Å². The number of benzene rings is 2. The summed E-state index contributed by atoms with van der Waals surface area (Å²) >= 11 is 5.99. The van der Waals surface area contributed by atoms with E-state index >= 15 is 0 Å². The number of rotatable bonds is 5. The minimum absolute atomic E-state index is 0.00868. The number of hydrogen-bond acceptors (Lipinski definition) is 7. The third-order valence-corrected chi connectivity index (χ3v) is 9.45. The molecular weight excluding hydrogens is 594 g/mol. The first-order valence-corrected chi connectivity index (χ1v) is 16.0. The van der Waals surface area contributed by atoms with Crippen LogP contribution in [0.1, 0.15) is 37.7 Å². The van der Waals surface area contributed by atoms with E-state index < -0.39 is 11.5 Å². The van der Waals surface area contributed by atoms with Gasteiger partial charge in [-0.05, 0) is 67.1 Å². The van der Waals surface area contributed by atoms with E-state index in [2.05, 4.69) is 38.2 Å². The van der Waals surface area contributed by atoms with Crippen molar-refractivity contribution in [3.05, 3.63) is 77.3 Å². The second kappa shape index (κ2) is 13.9. The van der Waals surface area contributed by atoms with Gasteiger partial charge in [-0.1, -0.05) is 54.1 Å². The molecule has 2 N–H and O–H groups in total. The first-order valence-electron chi connectivity index (χ1n) is 15.6. The minimum Gasteiger partial charge on any atom is -0.381 e. The molecule has 0 unspecified atom stereocenters. The molecule has 2 saturated heterocycles. The first-order chi connectivity index (χ1) is 21.9. The quantitative estimate of drug-likeness (QED) is 0.414. The lowest BCUT2D eigenvalue weighted by Crippen LogP contribution is -2.58. The molecule has 11 nitrogen and oxygen atoms in total. The van der Waals surface area contributed by atoms with Crippen LogP contribution in [0.4, 0.5) is 0 Å². The van der Waals surface area contributed by atoms with E-state index in [1.165, 1.54) is 4.80 Å². The van der Waals surface area contributed by atoms with Crippen molar-refractivity contribution < 1.29 is 19.1 Å². The monoisotopic (exact) mass is 631 g/mol. The second-order valence-corrected chi connectivity index (χ2v) is 12.6. The van der Waals surface area contributed by atoms with E-state index in [9.17, 15) is 14.4 Å². The molecule has 2 aromatic carbocycles. The SMILES string of the molecule is O=C1N[C@H]2CCN(C(=O)Cn3nnc(-c4ccc(Cl)cc4)n3)C[C@H]2C/C=C/CC2(CCOCC2)C(=O)N[C@@H]1Cc1ccccc1. The highest BCUT2D eigenvalue weighted by atomic mass is 35.5. The highest BCUT2D eigenvalue weighted by Gasteiger charge is 2.41. The van der Waals surface area contributed by atoms with Crippen molar-refractivity contribution in [1.29, 1.82) is 0 Å². The molecule has 3 aliphatic heterocycles. The molecule has 6 rings (SSSR count). The highest BCUT2D eigenvalue weighted by molar-refractivity contribution is 6.30. The molecule has 1 aromatic heterocycles. The largest absolute Gasteiger partial charge is 0.381 e. The number of piperidine rings is 1. The summed E-state index contributed by atoms with van der Waals surface area (Å²) in [5, 5.41) is 19.6. The number of ether oxygens (including phenoxy) is 1. The van der Waals surface area contributed by atoms with Crippen LogP contribution in [0.25, 0.3) is 11.4 Å². The van der Waals surface area contributed by atoms with Gasteiger partial charge in [0.2, 0.25) is 23.5 Å². The molecule has 3 amide bonds. The van der Waals surface area contributed by atoms with Crippen LogP contribution in [-0.2, 0) is 32.1 Å². The van der Waals surface area contributed by atoms with Crippen LogP contribution in [0.5, 0.6) is 0 Å². The number of carbonyl (C=O) groups is 3. The van der Waals surface area contributed by atoms with Crippen LogP contribution in [0.3, 0.4) is 0 Å². The third-order valence-electron chi connectivity index (χ3n) is 9.20. The van der Waals surface area contributed by atoms with Gasteiger partial charge in [0, 0.05) is 55.3 Å². The van der Waals surface area contributed by atoms with Crippen molar-refractivity contribution in [1.82, 2.24) is 35.7 Å². The van der Waals surface area contributed by atoms with E-state index in [4.69, 9.17) is 16.3 Å². The maximum Gasteiger partial charge on any atom is 0.246 e. The fourth-order valence-electron chi connectivity index (χ4n) is 6.45. The van der Waals surface area contributed by atoms with Gasteiger partial charge in [-0.25, -0.2) is 0 Å². The summed E-state index contributed by atoms with van der Waals surface area (Å²) in [6, 6.07) is 16.0. The summed E-state index contributed by atoms with van der Waals surface area (Å²) in [5.74, 6) is 0.0322. The Morgan fingerprint density at radius 2 is 1.80 bits per heavy atom. The zero-order valence-electron chi connectivity index (χ0n) is 25.1. The Morgan fingerprint density at radius 3 is 2.58 bits per heavy atom. The molecule has 0 bridgehead atoms. The second-order valence-electron chi connectivity index (χ2n) is 12.2. The fraction of sp³-hybridized carbons (Fsp3) is 0.455. The first kappa shape index (κ1) is 30.9. The number of hydrogen-bond donors (Lipinski definition) is 2. The van der Waals surface area contributed by atoms with Crippen molar-refractivity contribution in [2.45, 2.75) is 57.2 Å². The summed E-state index contributed by atoms with van der Waals surface area (Å²) in [7, 11) is 0. The van der Waals surface area contributed by atoms with Crippen LogP contribution in [0.2, 0.25) is 5.02 Å². The van der Waals surface area contributed by atoms with Crippen LogP contribution >= 0.6 is 11.6 Å². The average molecular weight is 632 g/mol. The Bertz CT molecular complexity index is 1520. The zero-order chi connectivity index (χ0) is 31.2. The number of nitrogens with zero attached hydrogens (tertiary/aromatic N) is 5. The van der Waals surface area contributed by atoms with E-state index in [0.29, 0.717) is 75.7 Å². The van der Waals surface area contributed by atoms with Gasteiger partial charge in [0.05, 0.1) is 5.41 Å². The Hall–Kier alpha value is -4.09. The standard InChI is InChI=1S/C33H38ClN7O4/c34-26-11-9-24(10-12-26)30-37-39-41(38-30)22-29(42)40-17-13-27-25(21-40)8-4-5-14-33(15-18-45-19-16-33)32(44)36-28(31(43)35-27)20-23-6-2-1-3-7-23/h1-7,9-12,25,27-28H,8,13-22H2,(H,35,43)(H,36,44)/b5-4+/t25-,27+,28-/m1/s1. The van der Waals surface area contributed by atoms with Gasteiger partial charge in [0.15, 0.2) is 0 Å². The molecule has 0 saturated carbocycles. The van der Waals surface area contributed by atoms with Gasteiger partial charge in [-0.15, -0.1) is 10.2 Å². The van der Waals surface area contributed by atoms with Crippen LogP contribution < -0.4 is 10.6 Å². The Kier molecular flexibility index (Phi) is 9.56. The molecule has 0 aliphatic carbocycles. The number of halogens is 1. The molecule has 45 heavy (non-hydrogen) atoms. The van der Waals surface area contributed by atoms with Crippen LogP contribution in [-0.4, -0.2) is 81.2 Å². The summed E-state index contributed by atoms with van der Waals surface area (Å²) in [6.07, 6.45) is 7.65. The van der Waals surface area contributed by atoms with Crippen molar-refractivity contribution >= 4 is 29.3 Å². The maximum atomic E-state index is 13.8. The fourth-order valence-corrected chi connectivity index (χ4v) is 6.58. The summed E-state index contributed by atoms with van der Waals surface area (Å²) in [5.41, 5.74) is 1.12. The van der Waals surface area contributed by atoms with Crippen LogP contribution in [0.15, 0.2) is 66.7 Å². The molecule has 236 valence electrons. The topological polar surface area (TPSA) is 131 Å². The lowest BCUT2D eigenvalue weighted by molar-refractivity contribution is -0.140. The van der Waals surface area contributed by atoms with E-state index in [-0.39, 0.29) is 36.2 Å². The molecule has 3 aliphatic rings. The molecular formula is C33H38ClN7O4. The summed E-state index contributed by atoms with van der Waals surface area (Å²) in [4.78, 5) is 44.1. The molecule has 1 spiro atoms. The minimum atomic E-state index is -0.712. The lowest BCUT2D eigenvalue weighted by Gasteiger charge is -2.40. The predicted octanol–water partition coefficient (Wildman–Crippen LogP) is 3.20. The van der Waals surface area contributed by atoms with Gasteiger partial charge >= 0.3 is 0 Å². The molecule has 4 heterocycles. The number of amides is 3. The molecule has 3 atom stereocenters. The highest BCUT2D eigenvalue weighted by Crippen LogP contribution is 2.36. The van der Waals surface area contributed by atoms with Gasteiger partial charge in [-0.3, -0.25) is 14.4 Å².